The van der Waals surface area contributed by atoms with Crippen LogP contribution >= 0.6 is 0 Å². The Bertz CT molecular complexity index is 2220. The van der Waals surface area contributed by atoms with Crippen LogP contribution in [0.1, 0.15) is 46.3 Å². The summed E-state index contributed by atoms with van der Waals surface area (Å²) in [4.78, 5) is 42.4. The van der Waals surface area contributed by atoms with Crippen molar-refractivity contribution < 1.29 is 33.8 Å². The first-order valence-corrected chi connectivity index (χ1v) is 17.5. The fourth-order valence-corrected chi connectivity index (χ4v) is 7.06. The monoisotopic (exact) mass is 712 g/mol. The van der Waals surface area contributed by atoms with E-state index < -0.39 is 11.9 Å². The molecule has 13 nitrogen and oxygen atoms in total. The maximum Gasteiger partial charge on any atom is 0.255 e. The molecule has 2 N–H and O–H groups in total. The number of aromatic nitrogens is 3. The average molecular weight is 713 g/mol. The second kappa shape index (κ2) is 14.7. The minimum Gasteiger partial charge on any atom is -0.491 e. The highest BCUT2D eigenvalue weighted by Crippen LogP contribution is 2.35. The molecule has 3 amide bonds. The summed E-state index contributed by atoms with van der Waals surface area (Å²) in [6, 6.07) is 22.4. The van der Waals surface area contributed by atoms with Gasteiger partial charge in [-0.15, -0.1) is 0 Å². The zero-order chi connectivity index (χ0) is 36.3. The van der Waals surface area contributed by atoms with Crippen molar-refractivity contribution >= 4 is 23.4 Å². The minimum absolute atomic E-state index is 0.215. The molecule has 1 unspecified atom stereocenters. The maximum absolute atomic E-state index is 12.9. The summed E-state index contributed by atoms with van der Waals surface area (Å²) in [5.41, 5.74) is 8.87. The van der Waals surface area contributed by atoms with Gasteiger partial charge in [-0.1, -0.05) is 23.4 Å². The number of carbonyl (C=O) groups is 3. The summed E-state index contributed by atoms with van der Waals surface area (Å²) in [5.74, 6) is 0.352. The van der Waals surface area contributed by atoms with E-state index in [0.29, 0.717) is 56.5 Å². The molecule has 3 aromatic carbocycles. The summed E-state index contributed by atoms with van der Waals surface area (Å²) in [5, 5.41) is 20.1. The number of pyridine rings is 1. The van der Waals surface area contributed by atoms with E-state index in [2.05, 4.69) is 21.5 Å². The van der Waals surface area contributed by atoms with Gasteiger partial charge in [-0.2, -0.15) is 5.10 Å². The van der Waals surface area contributed by atoms with Crippen LogP contribution in [-0.2, 0) is 27.3 Å². The zero-order valence-corrected chi connectivity index (χ0v) is 28.7. The molecule has 0 bridgehead atoms. The van der Waals surface area contributed by atoms with Crippen molar-refractivity contribution in [3.63, 3.8) is 0 Å². The fourth-order valence-electron chi connectivity index (χ4n) is 7.06. The van der Waals surface area contributed by atoms with Gasteiger partial charge in [0.05, 0.1) is 24.6 Å². The number of hydrogen-bond acceptors (Lipinski definition) is 10. The number of nitrogens with one attached hydrogen (secondary N) is 1. The summed E-state index contributed by atoms with van der Waals surface area (Å²) in [6.07, 6.45) is 7.63. The van der Waals surface area contributed by atoms with Gasteiger partial charge < -0.3 is 24.3 Å². The van der Waals surface area contributed by atoms with E-state index in [0.717, 1.165) is 63.3 Å². The number of oxime groups is 1. The van der Waals surface area contributed by atoms with Crippen LogP contribution in [0, 0.1) is 0 Å². The molecule has 3 aliphatic rings. The van der Waals surface area contributed by atoms with Crippen LogP contribution in [0.5, 0.6) is 11.5 Å². The quantitative estimate of drug-likeness (QED) is 0.0790. The highest BCUT2D eigenvalue weighted by molar-refractivity contribution is 6.06. The fraction of sp³-hybridized carbons (Fsp3) is 0.250. The first-order chi connectivity index (χ1) is 25.9. The molecule has 0 saturated carbocycles. The van der Waals surface area contributed by atoms with Gasteiger partial charge >= 0.3 is 0 Å². The molecular weight excluding hydrogens is 676 g/mol. The van der Waals surface area contributed by atoms with Crippen LogP contribution in [-0.4, -0.2) is 80.8 Å². The molecule has 0 spiro atoms. The molecule has 8 rings (SSSR count). The third-order valence-electron chi connectivity index (χ3n) is 9.74. The summed E-state index contributed by atoms with van der Waals surface area (Å²) in [6.45, 7) is 1.68. The van der Waals surface area contributed by atoms with Crippen LogP contribution < -0.4 is 14.8 Å². The van der Waals surface area contributed by atoms with E-state index in [1.807, 2.05) is 65.5 Å². The summed E-state index contributed by atoms with van der Waals surface area (Å²) < 4.78 is 19.3. The average Bonchev–Trinajstić information content (AvgIpc) is 3.90. The Labute approximate surface area is 304 Å². The molecule has 53 heavy (non-hydrogen) atoms. The topological polar surface area (TPSA) is 157 Å². The molecule has 268 valence electrons. The number of nitrogens with zero attached hydrogens (tertiary/aromatic N) is 5. The molecule has 1 aliphatic carbocycles. The second-order valence-corrected chi connectivity index (χ2v) is 13.0. The third-order valence-corrected chi connectivity index (χ3v) is 9.74. The van der Waals surface area contributed by atoms with Gasteiger partial charge in [0.1, 0.15) is 36.4 Å². The summed E-state index contributed by atoms with van der Waals surface area (Å²) >= 11 is 0. The number of benzene rings is 3. The number of fused-ring (bicyclic) bond motifs is 2. The van der Waals surface area contributed by atoms with Gasteiger partial charge in [0, 0.05) is 53.8 Å². The first-order valence-electron chi connectivity index (χ1n) is 17.5. The number of ether oxygens (including phenoxy) is 3. The van der Waals surface area contributed by atoms with Crippen molar-refractivity contribution in [3.8, 4) is 39.6 Å². The minimum atomic E-state index is -0.651. The van der Waals surface area contributed by atoms with Crippen molar-refractivity contribution in [1.82, 2.24) is 25.0 Å². The van der Waals surface area contributed by atoms with Gasteiger partial charge in [0.15, 0.2) is 0 Å². The van der Waals surface area contributed by atoms with Gasteiger partial charge in [-0.25, -0.2) is 4.68 Å². The molecule has 1 atom stereocenters. The molecule has 13 heteroatoms. The van der Waals surface area contributed by atoms with Crippen molar-refractivity contribution in [1.29, 1.82) is 0 Å². The number of hydrogen-bond donors (Lipinski definition) is 2. The van der Waals surface area contributed by atoms with Gasteiger partial charge in [0.25, 0.3) is 5.91 Å². The maximum atomic E-state index is 12.9. The molecule has 2 aliphatic heterocycles. The number of rotatable bonds is 12. The molecule has 5 aromatic rings. The zero-order valence-electron chi connectivity index (χ0n) is 28.7. The van der Waals surface area contributed by atoms with Crippen LogP contribution in [0.3, 0.4) is 0 Å². The molecule has 1 saturated heterocycles. The Hall–Kier alpha value is -6.34. The lowest BCUT2D eigenvalue weighted by atomic mass is 9.98. The smallest absolute Gasteiger partial charge is 0.255 e. The molecule has 2 aromatic heterocycles. The number of aryl methyl sites for hydroxylation is 1. The standard InChI is InChI=1S/C40H36N6O7/c47-37-12-11-36(39(48)42-37)45-23-28-22-31(7-9-33(28)40(45)49)53-20-18-51-17-19-52-30-5-3-29(4-6-30)46-24-34(38(43-46)25-13-15-41-16-14-25)27-1-8-32-26(21-27)2-10-35(32)44-50/h1,3-9,13-16,21-22,24,36,50H,2,10-12,17-20,23H2,(H,42,47,48)/b44-35+. The van der Waals surface area contributed by atoms with E-state index >= 15 is 0 Å². The predicted molar refractivity (Wildman–Crippen MR) is 193 cm³/mol. The van der Waals surface area contributed by atoms with Crippen molar-refractivity contribution in [2.75, 3.05) is 26.4 Å². The van der Waals surface area contributed by atoms with Crippen molar-refractivity contribution in [3.05, 3.63) is 114 Å². The number of carbonyl (C=O) groups excluding carboxylic acids is 3. The normalized spacial score (nSPS) is 17.2. The summed E-state index contributed by atoms with van der Waals surface area (Å²) in [7, 11) is 0. The van der Waals surface area contributed by atoms with Crippen LogP contribution in [0.25, 0.3) is 28.1 Å². The SMILES string of the molecule is O=C1CCC(N2Cc3cc(OCCOCCOc4ccc(-n5cc(-c6ccc7c(c6)CC/C7=N\O)c(-c6ccncc6)n5)cc4)ccc3C2=O)C(=O)N1. The highest BCUT2D eigenvalue weighted by Gasteiger charge is 2.39. The molecule has 1 fully saturated rings. The molecular formula is C40H36N6O7. The van der Waals surface area contributed by atoms with Crippen molar-refractivity contribution in [2.24, 2.45) is 5.16 Å². The second-order valence-electron chi connectivity index (χ2n) is 13.0. The largest absolute Gasteiger partial charge is 0.491 e. The lowest BCUT2D eigenvalue weighted by molar-refractivity contribution is -0.136. The van der Waals surface area contributed by atoms with Crippen molar-refractivity contribution in [2.45, 2.75) is 38.3 Å². The highest BCUT2D eigenvalue weighted by atomic mass is 16.5. The van der Waals surface area contributed by atoms with Crippen LogP contribution in [0.4, 0.5) is 0 Å². The van der Waals surface area contributed by atoms with Gasteiger partial charge in [0.2, 0.25) is 11.8 Å². The van der Waals surface area contributed by atoms with Crippen LogP contribution in [0.15, 0.2) is 96.5 Å². The van der Waals surface area contributed by atoms with E-state index in [4.69, 9.17) is 19.3 Å². The Morgan fingerprint density at radius 2 is 1.53 bits per heavy atom. The van der Waals surface area contributed by atoms with E-state index in [9.17, 15) is 19.6 Å². The van der Waals surface area contributed by atoms with E-state index in [1.165, 1.54) is 4.90 Å². The molecule has 4 heterocycles. The van der Waals surface area contributed by atoms with Gasteiger partial charge in [-0.3, -0.25) is 24.7 Å². The Morgan fingerprint density at radius 1 is 0.774 bits per heavy atom. The van der Waals surface area contributed by atoms with Crippen LogP contribution in [0.2, 0.25) is 0 Å². The third kappa shape index (κ3) is 6.98. The van der Waals surface area contributed by atoms with E-state index in [1.54, 1.807) is 24.5 Å². The molecule has 0 radical (unpaired) electrons. The number of amides is 3. The first kappa shape index (κ1) is 33.8. The van der Waals surface area contributed by atoms with E-state index in [-0.39, 0.29) is 18.2 Å². The Balaban J connectivity index is 0.827. The lowest BCUT2D eigenvalue weighted by Crippen LogP contribution is -2.52. The Morgan fingerprint density at radius 3 is 2.30 bits per heavy atom. The lowest BCUT2D eigenvalue weighted by Gasteiger charge is -2.29. The Kier molecular flexibility index (Phi) is 9.38. The number of piperidine rings is 1. The van der Waals surface area contributed by atoms with Gasteiger partial charge in [-0.05, 0) is 90.6 Å². The predicted octanol–water partition coefficient (Wildman–Crippen LogP) is 4.96. The number of imide groups is 1.